The summed E-state index contributed by atoms with van der Waals surface area (Å²) in [7, 11) is 0. The Bertz CT molecular complexity index is 904. The van der Waals surface area contributed by atoms with Crippen molar-refractivity contribution in [3.05, 3.63) is 83.8 Å². The summed E-state index contributed by atoms with van der Waals surface area (Å²) in [6.07, 6.45) is 1.59. The predicted octanol–water partition coefficient (Wildman–Crippen LogP) is 3.69. The van der Waals surface area contributed by atoms with Crippen LogP contribution in [0.3, 0.4) is 0 Å². The molecule has 132 valence electrons. The number of fused-ring (bicyclic) bond motifs is 1. The molecule has 5 heteroatoms. The summed E-state index contributed by atoms with van der Waals surface area (Å²) in [5.41, 5.74) is 1.60. The number of phenolic OH excluding ortho intramolecular Hbond substituents is 1. The van der Waals surface area contributed by atoms with Gasteiger partial charge in [0, 0.05) is 17.7 Å². The molecule has 1 atom stereocenters. The van der Waals surface area contributed by atoms with Crippen LogP contribution in [0.15, 0.2) is 71.3 Å². The number of ether oxygens (including phenoxy) is 1. The number of para-hydroxylation sites is 2. The SMILES string of the molecule is O=C([C@@H]1COc2ccccc21)N(Cc1ccco1)Cc1ccccc1O. The minimum atomic E-state index is -0.355. The monoisotopic (exact) mass is 349 g/mol. The van der Waals surface area contributed by atoms with E-state index >= 15 is 0 Å². The summed E-state index contributed by atoms with van der Waals surface area (Å²) in [5.74, 6) is 1.22. The third-order valence-electron chi connectivity index (χ3n) is 4.59. The van der Waals surface area contributed by atoms with E-state index in [1.54, 1.807) is 29.4 Å². The van der Waals surface area contributed by atoms with Crippen molar-refractivity contribution in [1.82, 2.24) is 4.90 Å². The standard InChI is InChI=1S/C21H19NO4/c23-19-9-3-1-6-15(19)12-22(13-16-7-5-11-25-16)21(24)18-14-26-20-10-4-2-8-17(18)20/h1-11,18,23H,12-14H2/t18-/m1/s1. The van der Waals surface area contributed by atoms with E-state index in [4.69, 9.17) is 9.15 Å². The van der Waals surface area contributed by atoms with Gasteiger partial charge in [0.25, 0.3) is 0 Å². The summed E-state index contributed by atoms with van der Waals surface area (Å²) in [4.78, 5) is 15.0. The quantitative estimate of drug-likeness (QED) is 0.763. The van der Waals surface area contributed by atoms with E-state index < -0.39 is 0 Å². The molecule has 0 spiro atoms. The highest BCUT2D eigenvalue weighted by molar-refractivity contribution is 5.85. The van der Waals surface area contributed by atoms with E-state index in [1.807, 2.05) is 42.5 Å². The minimum Gasteiger partial charge on any atom is -0.508 e. The number of hydrogen-bond donors (Lipinski definition) is 1. The molecular formula is C21H19NO4. The molecule has 1 aliphatic rings. The Morgan fingerprint density at radius 1 is 1.04 bits per heavy atom. The van der Waals surface area contributed by atoms with Crippen molar-refractivity contribution < 1.29 is 19.1 Å². The van der Waals surface area contributed by atoms with Crippen LogP contribution in [0.1, 0.15) is 22.8 Å². The summed E-state index contributed by atoms with van der Waals surface area (Å²) < 4.78 is 11.1. The highest BCUT2D eigenvalue weighted by Gasteiger charge is 2.33. The molecule has 2 aromatic carbocycles. The Balaban J connectivity index is 1.62. The van der Waals surface area contributed by atoms with Crippen molar-refractivity contribution in [2.24, 2.45) is 0 Å². The lowest BCUT2D eigenvalue weighted by Gasteiger charge is -2.25. The maximum Gasteiger partial charge on any atom is 0.234 e. The van der Waals surface area contributed by atoms with Crippen LogP contribution in [0.2, 0.25) is 0 Å². The third kappa shape index (κ3) is 3.16. The maximum atomic E-state index is 13.3. The van der Waals surface area contributed by atoms with E-state index in [0.29, 0.717) is 31.0 Å². The minimum absolute atomic E-state index is 0.0467. The first-order valence-electron chi connectivity index (χ1n) is 8.52. The zero-order valence-electron chi connectivity index (χ0n) is 14.2. The fourth-order valence-corrected chi connectivity index (χ4v) is 3.24. The highest BCUT2D eigenvalue weighted by atomic mass is 16.5. The van der Waals surface area contributed by atoms with Crippen LogP contribution in [-0.2, 0) is 17.9 Å². The van der Waals surface area contributed by atoms with Gasteiger partial charge in [0.1, 0.15) is 29.8 Å². The Labute approximate surface area is 151 Å². The first-order chi connectivity index (χ1) is 12.7. The number of benzene rings is 2. The van der Waals surface area contributed by atoms with Crippen LogP contribution >= 0.6 is 0 Å². The summed E-state index contributed by atoms with van der Waals surface area (Å²) >= 11 is 0. The molecule has 4 rings (SSSR count). The Morgan fingerprint density at radius 3 is 2.65 bits per heavy atom. The maximum absolute atomic E-state index is 13.3. The molecule has 1 aromatic heterocycles. The van der Waals surface area contributed by atoms with Gasteiger partial charge in [0.05, 0.1) is 12.8 Å². The van der Waals surface area contributed by atoms with Gasteiger partial charge in [-0.3, -0.25) is 4.79 Å². The fourth-order valence-electron chi connectivity index (χ4n) is 3.24. The first kappa shape index (κ1) is 16.3. The topological polar surface area (TPSA) is 62.9 Å². The van der Waals surface area contributed by atoms with Gasteiger partial charge >= 0.3 is 0 Å². The van der Waals surface area contributed by atoms with Crippen LogP contribution in [0.4, 0.5) is 0 Å². The molecule has 0 radical (unpaired) electrons. The Kier molecular flexibility index (Phi) is 4.35. The second-order valence-electron chi connectivity index (χ2n) is 6.30. The normalized spacial score (nSPS) is 15.3. The van der Waals surface area contributed by atoms with Crippen molar-refractivity contribution in [3.63, 3.8) is 0 Å². The predicted molar refractivity (Wildman–Crippen MR) is 95.7 cm³/mol. The molecule has 0 saturated carbocycles. The molecule has 0 aliphatic carbocycles. The number of rotatable bonds is 5. The smallest absolute Gasteiger partial charge is 0.234 e. The number of carbonyl (C=O) groups is 1. The molecule has 3 aromatic rings. The summed E-state index contributed by atoms with van der Waals surface area (Å²) in [6.45, 7) is 0.956. The number of hydrogen-bond acceptors (Lipinski definition) is 4. The molecule has 0 saturated heterocycles. The van der Waals surface area contributed by atoms with Gasteiger partial charge in [-0.2, -0.15) is 0 Å². The number of furan rings is 1. The molecule has 2 heterocycles. The molecule has 0 fully saturated rings. The van der Waals surface area contributed by atoms with Gasteiger partial charge in [-0.25, -0.2) is 0 Å². The van der Waals surface area contributed by atoms with Gasteiger partial charge in [0.2, 0.25) is 5.91 Å². The van der Waals surface area contributed by atoms with Gasteiger partial charge in [-0.1, -0.05) is 36.4 Å². The lowest BCUT2D eigenvalue weighted by molar-refractivity contribution is -0.134. The average Bonchev–Trinajstić information content (AvgIpc) is 3.32. The summed E-state index contributed by atoms with van der Waals surface area (Å²) in [6, 6.07) is 18.3. The van der Waals surface area contributed by atoms with Crippen molar-refractivity contribution in [2.75, 3.05) is 6.61 Å². The van der Waals surface area contributed by atoms with Gasteiger partial charge in [0.15, 0.2) is 0 Å². The van der Waals surface area contributed by atoms with E-state index in [-0.39, 0.29) is 17.6 Å². The molecule has 0 unspecified atom stereocenters. The average molecular weight is 349 g/mol. The number of carbonyl (C=O) groups excluding carboxylic acids is 1. The van der Waals surface area contributed by atoms with E-state index in [0.717, 1.165) is 11.3 Å². The zero-order chi connectivity index (χ0) is 17.9. The van der Waals surface area contributed by atoms with Gasteiger partial charge in [-0.15, -0.1) is 0 Å². The molecular weight excluding hydrogens is 330 g/mol. The van der Waals surface area contributed by atoms with E-state index in [1.165, 1.54) is 0 Å². The zero-order valence-corrected chi connectivity index (χ0v) is 14.2. The third-order valence-corrected chi connectivity index (χ3v) is 4.59. The van der Waals surface area contributed by atoms with Crippen LogP contribution in [0, 0.1) is 0 Å². The highest BCUT2D eigenvalue weighted by Crippen LogP contribution is 2.35. The van der Waals surface area contributed by atoms with Gasteiger partial charge < -0.3 is 19.2 Å². The van der Waals surface area contributed by atoms with Crippen LogP contribution in [0.25, 0.3) is 0 Å². The lowest BCUT2D eigenvalue weighted by atomic mass is 9.99. The van der Waals surface area contributed by atoms with Crippen molar-refractivity contribution in [3.8, 4) is 11.5 Å². The van der Waals surface area contributed by atoms with Crippen molar-refractivity contribution >= 4 is 5.91 Å². The van der Waals surface area contributed by atoms with Crippen molar-refractivity contribution in [1.29, 1.82) is 0 Å². The first-order valence-corrected chi connectivity index (χ1v) is 8.52. The second-order valence-corrected chi connectivity index (χ2v) is 6.30. The Morgan fingerprint density at radius 2 is 1.85 bits per heavy atom. The lowest BCUT2D eigenvalue weighted by Crippen LogP contribution is -2.35. The van der Waals surface area contributed by atoms with Crippen LogP contribution in [0.5, 0.6) is 11.5 Å². The molecule has 0 bridgehead atoms. The Hall–Kier alpha value is -3.21. The molecule has 1 N–H and O–H groups in total. The largest absolute Gasteiger partial charge is 0.508 e. The molecule has 26 heavy (non-hydrogen) atoms. The summed E-state index contributed by atoms with van der Waals surface area (Å²) in [5, 5.41) is 10.1. The van der Waals surface area contributed by atoms with Gasteiger partial charge in [-0.05, 0) is 24.3 Å². The fraction of sp³-hybridized carbons (Fsp3) is 0.190. The molecule has 1 amide bonds. The van der Waals surface area contributed by atoms with Crippen LogP contribution < -0.4 is 4.74 Å². The van der Waals surface area contributed by atoms with Crippen LogP contribution in [-0.4, -0.2) is 22.5 Å². The van der Waals surface area contributed by atoms with Crippen molar-refractivity contribution in [2.45, 2.75) is 19.0 Å². The number of phenols is 1. The molecule has 5 nitrogen and oxygen atoms in total. The van der Waals surface area contributed by atoms with E-state index in [9.17, 15) is 9.90 Å². The second kappa shape index (κ2) is 6.96. The number of amides is 1. The number of nitrogens with zero attached hydrogens (tertiary/aromatic N) is 1. The van der Waals surface area contributed by atoms with E-state index in [2.05, 4.69) is 0 Å². The number of aromatic hydroxyl groups is 1. The molecule has 1 aliphatic heterocycles.